The number of ether oxygens (including phenoxy) is 1. The number of hydrogen-bond acceptors (Lipinski definition) is 2. The van der Waals surface area contributed by atoms with Crippen molar-refractivity contribution in [2.75, 3.05) is 20.7 Å². The van der Waals surface area contributed by atoms with Crippen molar-refractivity contribution in [3.63, 3.8) is 0 Å². The van der Waals surface area contributed by atoms with Gasteiger partial charge in [-0.3, -0.25) is 4.90 Å². The zero-order valence-electron chi connectivity index (χ0n) is 10.7. The molecule has 0 aliphatic carbocycles. The van der Waals surface area contributed by atoms with Gasteiger partial charge in [-0.25, -0.2) is 0 Å². The minimum atomic E-state index is 0. The molecule has 0 aromatic heterocycles. The van der Waals surface area contributed by atoms with Gasteiger partial charge in [-0.15, -0.1) is 0 Å². The summed E-state index contributed by atoms with van der Waals surface area (Å²) in [6, 6.07) is 5.09. The van der Waals surface area contributed by atoms with E-state index in [1.807, 2.05) is 0 Å². The first-order chi connectivity index (χ1) is 7.67. The van der Waals surface area contributed by atoms with Crippen LogP contribution in [-0.4, -0.2) is 25.6 Å². The number of benzene rings is 1. The maximum absolute atomic E-state index is 5.45. The minimum absolute atomic E-state index is 0. The van der Waals surface area contributed by atoms with E-state index in [0.29, 0.717) is 6.04 Å². The van der Waals surface area contributed by atoms with E-state index < -0.39 is 0 Å². The fourth-order valence-electron chi connectivity index (χ4n) is 2.49. The highest BCUT2D eigenvalue weighted by molar-refractivity contribution is 5.45. The molecule has 0 spiro atoms. The summed E-state index contributed by atoms with van der Waals surface area (Å²) in [7, 11) is 3.96. The average molecular weight is 235 g/mol. The highest BCUT2D eigenvalue weighted by Gasteiger charge is 2.22. The van der Waals surface area contributed by atoms with Gasteiger partial charge in [0.05, 0.1) is 7.11 Å². The van der Waals surface area contributed by atoms with Crippen LogP contribution in [0.4, 0.5) is 0 Å². The molecule has 0 saturated carbocycles. The molecule has 96 valence electrons. The quantitative estimate of drug-likeness (QED) is 0.778. The molecule has 0 bridgehead atoms. The summed E-state index contributed by atoms with van der Waals surface area (Å²) >= 11 is 0. The summed E-state index contributed by atoms with van der Waals surface area (Å²) in [5, 5.41) is 0. The number of likely N-dealkylation sites (N-methyl/N-ethyl adjacent to an activating group) is 1. The van der Waals surface area contributed by atoms with Crippen LogP contribution in [0.1, 0.15) is 44.0 Å². The Morgan fingerprint density at radius 3 is 2.71 bits per heavy atom. The van der Waals surface area contributed by atoms with Crippen LogP contribution in [0.2, 0.25) is 0 Å². The van der Waals surface area contributed by atoms with Gasteiger partial charge in [-0.05, 0) is 49.6 Å². The van der Waals surface area contributed by atoms with Crippen LogP contribution < -0.4 is 4.74 Å². The molecule has 0 saturated heterocycles. The summed E-state index contributed by atoms with van der Waals surface area (Å²) in [6.45, 7) is 5.61. The molecule has 0 radical (unpaired) electrons. The molecule has 2 heteroatoms. The number of nitrogens with zero attached hydrogens (tertiary/aromatic N) is 1. The van der Waals surface area contributed by atoms with E-state index >= 15 is 0 Å². The number of fused-ring (bicyclic) bond motifs is 1. The maximum atomic E-state index is 5.45. The van der Waals surface area contributed by atoms with Crippen LogP contribution in [0.3, 0.4) is 0 Å². The Bertz CT molecular complexity index is 387. The molecule has 1 atom stereocenters. The second-order valence-electron chi connectivity index (χ2n) is 4.62. The van der Waals surface area contributed by atoms with Gasteiger partial charge < -0.3 is 4.74 Å². The lowest BCUT2D eigenvalue weighted by molar-refractivity contribution is 0.247. The maximum Gasteiger partial charge on any atom is 0.122 e. The number of aryl methyl sites for hydroxylation is 1. The molecule has 0 amide bonds. The van der Waals surface area contributed by atoms with Crippen LogP contribution in [0.5, 0.6) is 5.75 Å². The minimum Gasteiger partial charge on any atom is -0.496 e. The van der Waals surface area contributed by atoms with Crippen LogP contribution in [0.25, 0.3) is 0 Å². The second kappa shape index (κ2) is 5.54. The monoisotopic (exact) mass is 235 g/mol. The fourth-order valence-corrected chi connectivity index (χ4v) is 2.49. The van der Waals surface area contributed by atoms with Crippen molar-refractivity contribution in [1.29, 1.82) is 0 Å². The van der Waals surface area contributed by atoms with Gasteiger partial charge in [0.1, 0.15) is 5.75 Å². The van der Waals surface area contributed by atoms with Gasteiger partial charge in [0.25, 0.3) is 0 Å². The number of methoxy groups -OCH3 is 1. The Morgan fingerprint density at radius 2 is 2.12 bits per heavy atom. The Morgan fingerprint density at radius 1 is 1.41 bits per heavy atom. The molecule has 1 aromatic carbocycles. The van der Waals surface area contributed by atoms with Gasteiger partial charge in [-0.2, -0.15) is 0 Å². The molecule has 2 rings (SSSR count). The summed E-state index contributed by atoms with van der Waals surface area (Å²) in [5.74, 6) is 1.05. The molecule has 1 aliphatic heterocycles. The smallest absolute Gasteiger partial charge is 0.122 e. The summed E-state index contributed by atoms with van der Waals surface area (Å²) in [5.41, 5.74) is 4.26. The highest BCUT2D eigenvalue weighted by atomic mass is 16.5. The van der Waals surface area contributed by atoms with Crippen molar-refractivity contribution in [1.82, 2.24) is 4.90 Å². The fraction of sp³-hybridized carbons (Fsp3) is 0.600. The number of hydrogen-bond donors (Lipinski definition) is 0. The van der Waals surface area contributed by atoms with Gasteiger partial charge >= 0.3 is 0 Å². The third-order valence-electron chi connectivity index (χ3n) is 3.77. The first-order valence-corrected chi connectivity index (χ1v) is 6.07. The molecule has 0 fully saturated rings. The van der Waals surface area contributed by atoms with Crippen molar-refractivity contribution >= 4 is 0 Å². The predicted octanol–water partition coefficient (Wildman–Crippen LogP) is 3.44. The first-order valence-electron chi connectivity index (χ1n) is 6.07. The van der Waals surface area contributed by atoms with E-state index in [1.54, 1.807) is 7.11 Å². The lowest BCUT2D eigenvalue weighted by atomic mass is 9.91. The second-order valence-corrected chi connectivity index (χ2v) is 4.62. The molecule has 1 aliphatic rings. The molecular formula is C15H25NO. The largest absolute Gasteiger partial charge is 0.496 e. The molecule has 17 heavy (non-hydrogen) atoms. The summed E-state index contributed by atoms with van der Waals surface area (Å²) in [4.78, 5) is 2.41. The Labute approximate surface area is 106 Å². The summed E-state index contributed by atoms with van der Waals surface area (Å²) in [6.07, 6.45) is 2.17. The molecule has 1 unspecified atom stereocenters. The van der Waals surface area contributed by atoms with E-state index in [0.717, 1.165) is 25.1 Å². The van der Waals surface area contributed by atoms with E-state index in [2.05, 4.69) is 37.9 Å². The van der Waals surface area contributed by atoms with E-state index in [9.17, 15) is 0 Å². The van der Waals surface area contributed by atoms with Crippen molar-refractivity contribution in [3.05, 3.63) is 28.8 Å². The van der Waals surface area contributed by atoms with Gasteiger partial charge in [-0.1, -0.05) is 20.4 Å². The van der Waals surface area contributed by atoms with Crippen LogP contribution >= 0.6 is 0 Å². The molecule has 2 nitrogen and oxygen atoms in total. The third-order valence-corrected chi connectivity index (χ3v) is 3.77. The van der Waals surface area contributed by atoms with E-state index in [1.165, 1.54) is 16.7 Å². The average Bonchev–Trinajstić information content (AvgIpc) is 2.32. The van der Waals surface area contributed by atoms with Crippen LogP contribution in [0, 0.1) is 0 Å². The Hall–Kier alpha value is -1.02. The zero-order chi connectivity index (χ0) is 11.7. The van der Waals surface area contributed by atoms with Crippen LogP contribution in [0.15, 0.2) is 12.1 Å². The van der Waals surface area contributed by atoms with Gasteiger partial charge in [0.15, 0.2) is 0 Å². The van der Waals surface area contributed by atoms with Crippen molar-refractivity contribution < 1.29 is 4.74 Å². The van der Waals surface area contributed by atoms with Crippen molar-refractivity contribution in [2.45, 2.75) is 40.2 Å². The lowest BCUT2D eigenvalue weighted by Gasteiger charge is -2.32. The van der Waals surface area contributed by atoms with Gasteiger partial charge in [0, 0.05) is 12.6 Å². The molecular weight excluding hydrogens is 210 g/mol. The topological polar surface area (TPSA) is 12.5 Å². The predicted molar refractivity (Wildman–Crippen MR) is 73.9 cm³/mol. The normalized spacial score (nSPS) is 19.4. The highest BCUT2D eigenvalue weighted by Crippen LogP contribution is 2.33. The Kier molecular flexibility index (Phi) is 4.58. The van der Waals surface area contributed by atoms with Crippen molar-refractivity contribution in [2.24, 2.45) is 0 Å². The third kappa shape index (κ3) is 2.47. The SMILES string of the molecule is C.CCc1cc2c(cc1OC)CCN(C)C2C. The van der Waals surface area contributed by atoms with E-state index in [-0.39, 0.29) is 7.43 Å². The van der Waals surface area contributed by atoms with Gasteiger partial charge in [0.2, 0.25) is 0 Å². The molecule has 1 aromatic rings. The zero-order valence-corrected chi connectivity index (χ0v) is 10.7. The van der Waals surface area contributed by atoms with Crippen molar-refractivity contribution in [3.8, 4) is 5.75 Å². The first kappa shape index (κ1) is 14.0. The Balaban J connectivity index is 0.00000144. The molecule has 0 N–H and O–H groups in total. The number of rotatable bonds is 2. The molecule has 1 heterocycles. The van der Waals surface area contributed by atoms with E-state index in [4.69, 9.17) is 4.74 Å². The lowest BCUT2D eigenvalue weighted by Crippen LogP contribution is -2.30. The standard InChI is InChI=1S/C14H21NO.CH4/c1-5-11-8-13-10(2)15(3)7-6-12(13)9-14(11)16-4;/h8-10H,5-7H2,1-4H3;1H4. The summed E-state index contributed by atoms with van der Waals surface area (Å²) < 4.78 is 5.45. The van der Waals surface area contributed by atoms with Crippen LogP contribution in [-0.2, 0) is 12.8 Å².